The molecule has 4 aliphatic carbocycles. The molecule has 2 aliphatic heterocycles. The summed E-state index contributed by atoms with van der Waals surface area (Å²) >= 11 is 0. The molecule has 5 fully saturated rings. The van der Waals surface area contributed by atoms with Crippen LogP contribution in [0.3, 0.4) is 0 Å². The van der Waals surface area contributed by atoms with E-state index in [1.807, 2.05) is 0 Å². The lowest BCUT2D eigenvalue weighted by molar-refractivity contribution is -0.252. The molecule has 0 aromatic carbocycles. The maximum Gasteiger partial charge on any atom is 0.307 e. The zero-order chi connectivity index (χ0) is 36.9. The maximum atomic E-state index is 13.5. The van der Waals surface area contributed by atoms with Crippen LogP contribution >= 0.6 is 0 Å². The minimum absolute atomic E-state index is 0.0229. The summed E-state index contributed by atoms with van der Waals surface area (Å²) in [4.78, 5) is 20.8. The third-order valence-corrected chi connectivity index (χ3v) is 17.2. The van der Waals surface area contributed by atoms with Crippen molar-refractivity contribution < 1.29 is 19.4 Å². The second-order valence-corrected chi connectivity index (χ2v) is 20.2. The Bertz CT molecular complexity index is 1520. The molecule has 1 unspecified atom stereocenters. The van der Waals surface area contributed by atoms with Gasteiger partial charge in [-0.3, -0.25) is 4.79 Å². The Morgan fingerprint density at radius 1 is 1.08 bits per heavy atom. The van der Waals surface area contributed by atoms with Crippen LogP contribution < -0.4 is 10.6 Å². The molecule has 6 aliphatic rings. The number of rotatable bonds is 9. The van der Waals surface area contributed by atoms with Gasteiger partial charge < -0.3 is 25.2 Å². The predicted octanol–water partition coefficient (Wildman–Crippen LogP) is 7.77. The van der Waals surface area contributed by atoms with Crippen LogP contribution in [0.25, 0.3) is 0 Å². The number of hydrogen-bond donors (Lipinski definition) is 2. The highest BCUT2D eigenvalue weighted by molar-refractivity contribution is 5.73. The van der Waals surface area contributed by atoms with Gasteiger partial charge in [0.15, 0.2) is 0 Å². The third-order valence-electron chi connectivity index (χ3n) is 17.2. The topological polar surface area (TPSA) is 116 Å². The second kappa shape index (κ2) is 12.5. The lowest BCUT2D eigenvalue weighted by atomic mass is 9.34. The van der Waals surface area contributed by atoms with Crippen molar-refractivity contribution in [3.05, 3.63) is 18.0 Å². The first kappa shape index (κ1) is 37.3. The van der Waals surface area contributed by atoms with Gasteiger partial charge >= 0.3 is 5.97 Å². The van der Waals surface area contributed by atoms with Crippen molar-refractivity contribution in [1.29, 1.82) is 0 Å². The van der Waals surface area contributed by atoms with Crippen LogP contribution in [0.5, 0.6) is 0 Å². The first-order chi connectivity index (χ1) is 23.9. The Morgan fingerprint density at radius 3 is 2.43 bits per heavy atom. The van der Waals surface area contributed by atoms with Crippen LogP contribution in [0.15, 0.2) is 18.0 Å². The molecule has 7 rings (SSSR count). The van der Waals surface area contributed by atoms with E-state index in [1.54, 1.807) is 11.9 Å². The molecular weight excluding hydrogens is 638 g/mol. The van der Waals surface area contributed by atoms with Gasteiger partial charge in [0.2, 0.25) is 5.95 Å². The molecule has 12 atom stereocenters. The number of carboxylic acid groups (broad SMARTS) is 1. The van der Waals surface area contributed by atoms with Crippen molar-refractivity contribution in [2.24, 2.45) is 68.3 Å². The number of fused-ring (bicyclic) bond motifs is 3. The third kappa shape index (κ3) is 5.26. The largest absolute Gasteiger partial charge is 0.481 e. The molecule has 3 N–H and O–H groups in total. The Labute approximate surface area is 307 Å². The van der Waals surface area contributed by atoms with E-state index >= 15 is 0 Å². The van der Waals surface area contributed by atoms with Crippen molar-refractivity contribution >= 4 is 11.9 Å². The summed E-state index contributed by atoms with van der Waals surface area (Å²) in [6.45, 7) is 26.7. The molecule has 1 aromatic heterocycles. The van der Waals surface area contributed by atoms with Crippen LogP contribution in [0, 0.1) is 62.6 Å². The summed E-state index contributed by atoms with van der Waals surface area (Å²) in [6.07, 6.45) is 12.4. The molecule has 2 saturated heterocycles. The Kier molecular flexibility index (Phi) is 9.19. The fourth-order valence-electron chi connectivity index (χ4n) is 13.2. The van der Waals surface area contributed by atoms with E-state index in [0.717, 1.165) is 57.6 Å². The summed E-state index contributed by atoms with van der Waals surface area (Å²) in [5.74, 6) is 1.69. The minimum atomic E-state index is -0.609. The van der Waals surface area contributed by atoms with Gasteiger partial charge in [0, 0.05) is 29.5 Å². The Hall–Kier alpha value is -1.97. The number of anilines is 1. The molecule has 3 heterocycles. The summed E-state index contributed by atoms with van der Waals surface area (Å²) in [5, 5.41) is 16.1. The van der Waals surface area contributed by atoms with Gasteiger partial charge in [-0.2, -0.15) is 10.1 Å². The predicted molar refractivity (Wildman–Crippen MR) is 201 cm³/mol. The number of nitrogens with zero attached hydrogens (tertiary/aromatic N) is 4. The number of nitrogens with two attached hydrogens (primary N) is 1. The molecule has 9 nitrogen and oxygen atoms in total. The molecule has 286 valence electrons. The summed E-state index contributed by atoms with van der Waals surface area (Å²) in [7, 11) is 0. The average Bonchev–Trinajstić information content (AvgIpc) is 3.76. The van der Waals surface area contributed by atoms with E-state index in [0.29, 0.717) is 43.5 Å². The molecule has 9 heteroatoms. The fourth-order valence-corrected chi connectivity index (χ4v) is 13.2. The second-order valence-electron chi connectivity index (χ2n) is 20.2. The van der Waals surface area contributed by atoms with Crippen LogP contribution in [0.4, 0.5) is 5.95 Å². The molecular formula is C42H69N5O4. The van der Waals surface area contributed by atoms with Gasteiger partial charge in [-0.15, -0.1) is 0 Å². The fraction of sp³-hybridized carbons (Fsp3) is 0.881. The van der Waals surface area contributed by atoms with Gasteiger partial charge in [-0.25, -0.2) is 4.68 Å². The number of aliphatic carboxylic acids is 1. The smallest absolute Gasteiger partial charge is 0.307 e. The van der Waals surface area contributed by atoms with Crippen molar-refractivity contribution in [3.63, 3.8) is 0 Å². The number of carboxylic acids is 1. The molecule has 1 aromatic rings. The van der Waals surface area contributed by atoms with Crippen molar-refractivity contribution in [3.8, 4) is 0 Å². The van der Waals surface area contributed by atoms with E-state index in [2.05, 4.69) is 84.9 Å². The van der Waals surface area contributed by atoms with Crippen LogP contribution in [-0.4, -0.2) is 70.4 Å². The van der Waals surface area contributed by atoms with E-state index in [9.17, 15) is 9.90 Å². The molecule has 2 bridgehead atoms. The Balaban J connectivity index is 1.33. The van der Waals surface area contributed by atoms with E-state index in [1.165, 1.54) is 12.8 Å². The summed E-state index contributed by atoms with van der Waals surface area (Å²) in [6, 6.07) is -0.0229. The van der Waals surface area contributed by atoms with Gasteiger partial charge in [0.1, 0.15) is 6.33 Å². The molecule has 0 spiro atoms. The lowest BCUT2D eigenvalue weighted by Gasteiger charge is -2.71. The number of carbonyl (C=O) groups is 1. The quantitative estimate of drug-likeness (QED) is 0.250. The van der Waals surface area contributed by atoms with Crippen LogP contribution in [0.2, 0.25) is 0 Å². The van der Waals surface area contributed by atoms with Gasteiger partial charge in [0.25, 0.3) is 0 Å². The number of aromatic nitrogens is 3. The van der Waals surface area contributed by atoms with E-state index < -0.39 is 17.4 Å². The number of allylic oxidation sites excluding steroid dienone is 1. The Morgan fingerprint density at radius 2 is 1.78 bits per heavy atom. The minimum Gasteiger partial charge on any atom is -0.481 e. The van der Waals surface area contributed by atoms with Gasteiger partial charge in [0.05, 0.1) is 37.9 Å². The standard InChI is InChI=1S/C42H69N5O4/c1-26(2)28(5)37(6)17-18-39(8)29-13-14-32-38(7)22-50-24-42(32,30(29)15-16-40(39,9)33(37)35(48)49)21-31(34(38)51-23-41(10,43)27(3)4)47-36(44-25-45-47)46-19-11-12-20-46/h15,25-29,31-34H,11-14,16-24,43H2,1-10H3,(H,48,49)/t28-,29+,31-,32+,33-,34+,37-,38?,39-,40+,41+,42+/m1/s1. The van der Waals surface area contributed by atoms with Crippen LogP contribution in [0.1, 0.15) is 127 Å². The molecule has 51 heavy (non-hydrogen) atoms. The zero-order valence-corrected chi connectivity index (χ0v) is 33.5. The highest BCUT2D eigenvalue weighted by atomic mass is 16.5. The zero-order valence-electron chi connectivity index (χ0n) is 33.5. The van der Waals surface area contributed by atoms with E-state index in [4.69, 9.17) is 25.3 Å². The summed E-state index contributed by atoms with van der Waals surface area (Å²) < 4.78 is 16.2. The molecule has 3 saturated carbocycles. The first-order valence-corrected chi connectivity index (χ1v) is 20.4. The SMILES string of the molecule is CC(C)[C@@H](C)[C@@]1(C)CC[C@]2(C)[C@H]3CC[C@H]4C5(C)COC[C@@]4(C[C@@H](n4ncnc4N4CCCC4)[C@@H]5OC[C@](C)(N)C(C)C)C3=CC[C@@]2(C)[C@@H]1C(=O)O. The summed E-state index contributed by atoms with van der Waals surface area (Å²) in [5.41, 5.74) is 6.82. The first-order valence-electron chi connectivity index (χ1n) is 20.4. The normalized spacial score (nSPS) is 44.0. The van der Waals surface area contributed by atoms with Crippen molar-refractivity contribution in [1.82, 2.24) is 14.8 Å². The molecule has 0 amide bonds. The molecule has 0 radical (unpaired) electrons. The van der Waals surface area contributed by atoms with E-state index in [-0.39, 0.29) is 45.1 Å². The van der Waals surface area contributed by atoms with Crippen LogP contribution in [-0.2, 0) is 14.3 Å². The van der Waals surface area contributed by atoms with Gasteiger partial charge in [-0.1, -0.05) is 74.0 Å². The highest BCUT2D eigenvalue weighted by Crippen LogP contribution is 2.75. The van der Waals surface area contributed by atoms with Gasteiger partial charge in [-0.05, 0) is 104 Å². The van der Waals surface area contributed by atoms with Crippen molar-refractivity contribution in [2.75, 3.05) is 37.8 Å². The number of hydrogen-bond acceptors (Lipinski definition) is 7. The average molecular weight is 708 g/mol. The highest BCUT2D eigenvalue weighted by Gasteiger charge is 2.72. The monoisotopic (exact) mass is 708 g/mol. The lowest BCUT2D eigenvalue weighted by Crippen LogP contribution is -2.69. The maximum absolute atomic E-state index is 13.5. The number of ether oxygens (including phenoxy) is 2. The van der Waals surface area contributed by atoms with Crippen molar-refractivity contribution in [2.45, 2.75) is 138 Å².